The molecule has 0 unspecified atom stereocenters. The van der Waals surface area contributed by atoms with Crippen molar-refractivity contribution in [1.29, 1.82) is 0 Å². The molecule has 2 amide bonds. The van der Waals surface area contributed by atoms with Crippen molar-refractivity contribution in [2.24, 2.45) is 0 Å². The van der Waals surface area contributed by atoms with Crippen molar-refractivity contribution in [3.8, 4) is 5.75 Å². The number of benzene rings is 1. The molecule has 0 aliphatic carbocycles. The number of nitrogens with zero attached hydrogens (tertiary/aromatic N) is 3. The van der Waals surface area contributed by atoms with E-state index in [9.17, 15) is 18.4 Å². The average molecular weight is 369 g/mol. The lowest BCUT2D eigenvalue weighted by molar-refractivity contribution is -0.136. The molecule has 8 heteroatoms. The normalized spacial score (nSPS) is 15.0. The van der Waals surface area contributed by atoms with Gasteiger partial charge in [0.15, 0.2) is 18.2 Å². The Labute approximate surface area is 152 Å². The standard InChI is InChI=1S/C18H25F2N3O3/c1-3-22(4-2)17(24)12-21-7-9-23(10-8-21)18(25)13-26-16-6-5-14(19)11-15(16)20/h5-6,11H,3-4,7-10,12-13H2,1-2H3. The van der Waals surface area contributed by atoms with Gasteiger partial charge in [-0.2, -0.15) is 0 Å². The van der Waals surface area contributed by atoms with Gasteiger partial charge in [-0.05, 0) is 26.0 Å². The average Bonchev–Trinajstić information content (AvgIpc) is 2.62. The van der Waals surface area contributed by atoms with Crippen molar-refractivity contribution >= 4 is 11.8 Å². The lowest BCUT2D eigenvalue weighted by Gasteiger charge is -2.35. The SMILES string of the molecule is CCN(CC)C(=O)CN1CCN(C(=O)COc2ccc(F)cc2F)CC1. The predicted molar refractivity (Wildman–Crippen MR) is 92.8 cm³/mol. The summed E-state index contributed by atoms with van der Waals surface area (Å²) in [4.78, 5) is 29.7. The second kappa shape index (κ2) is 9.47. The van der Waals surface area contributed by atoms with Crippen molar-refractivity contribution in [3.63, 3.8) is 0 Å². The quantitative estimate of drug-likeness (QED) is 0.728. The minimum absolute atomic E-state index is 0.0879. The summed E-state index contributed by atoms with van der Waals surface area (Å²) in [5, 5.41) is 0. The number of carbonyl (C=O) groups excluding carboxylic acids is 2. The molecule has 2 rings (SSSR count). The van der Waals surface area contributed by atoms with Crippen molar-refractivity contribution in [3.05, 3.63) is 29.8 Å². The molecule has 26 heavy (non-hydrogen) atoms. The van der Waals surface area contributed by atoms with Gasteiger partial charge in [0.05, 0.1) is 6.54 Å². The van der Waals surface area contributed by atoms with Crippen LogP contribution in [0.5, 0.6) is 5.75 Å². The molecule has 1 aliphatic rings. The van der Waals surface area contributed by atoms with E-state index in [0.717, 1.165) is 12.1 Å². The Morgan fingerprint density at radius 2 is 1.77 bits per heavy atom. The lowest BCUT2D eigenvalue weighted by Crippen LogP contribution is -2.52. The van der Waals surface area contributed by atoms with Gasteiger partial charge in [0.25, 0.3) is 5.91 Å². The monoisotopic (exact) mass is 369 g/mol. The summed E-state index contributed by atoms with van der Waals surface area (Å²) in [5.74, 6) is -1.86. The first-order chi connectivity index (χ1) is 12.4. The van der Waals surface area contributed by atoms with E-state index >= 15 is 0 Å². The summed E-state index contributed by atoms with van der Waals surface area (Å²) in [6.07, 6.45) is 0. The maximum absolute atomic E-state index is 13.5. The molecule has 0 atom stereocenters. The van der Waals surface area contributed by atoms with Crippen LogP contribution in [0.3, 0.4) is 0 Å². The highest BCUT2D eigenvalue weighted by Gasteiger charge is 2.24. The minimum atomic E-state index is -0.836. The van der Waals surface area contributed by atoms with E-state index in [1.165, 1.54) is 0 Å². The molecule has 1 heterocycles. The molecule has 0 N–H and O–H groups in total. The zero-order valence-electron chi connectivity index (χ0n) is 15.2. The van der Waals surface area contributed by atoms with E-state index in [1.54, 1.807) is 9.80 Å². The number of hydrogen-bond acceptors (Lipinski definition) is 4. The van der Waals surface area contributed by atoms with Gasteiger partial charge in [-0.3, -0.25) is 14.5 Å². The van der Waals surface area contributed by atoms with Gasteiger partial charge in [0.1, 0.15) is 5.82 Å². The Bertz CT molecular complexity index is 630. The molecule has 0 bridgehead atoms. The third kappa shape index (κ3) is 5.39. The summed E-state index contributed by atoms with van der Waals surface area (Å²) >= 11 is 0. The fraction of sp³-hybridized carbons (Fsp3) is 0.556. The molecule has 0 spiro atoms. The summed E-state index contributed by atoms with van der Waals surface area (Å²) in [6, 6.07) is 2.95. The molecule has 1 aliphatic heterocycles. The third-order valence-electron chi connectivity index (χ3n) is 4.45. The number of rotatable bonds is 7. The minimum Gasteiger partial charge on any atom is -0.481 e. The van der Waals surface area contributed by atoms with Crippen LogP contribution in [-0.4, -0.2) is 78.9 Å². The summed E-state index contributed by atoms with van der Waals surface area (Å²) in [6.45, 7) is 7.48. The van der Waals surface area contributed by atoms with E-state index < -0.39 is 11.6 Å². The number of halogens is 2. The zero-order valence-corrected chi connectivity index (χ0v) is 15.2. The third-order valence-corrected chi connectivity index (χ3v) is 4.45. The Morgan fingerprint density at radius 3 is 2.35 bits per heavy atom. The molecule has 1 aromatic rings. The van der Waals surface area contributed by atoms with E-state index in [4.69, 9.17) is 4.74 Å². The first-order valence-corrected chi connectivity index (χ1v) is 8.80. The van der Waals surface area contributed by atoms with Crippen LogP contribution in [0.15, 0.2) is 18.2 Å². The maximum atomic E-state index is 13.5. The van der Waals surface area contributed by atoms with Gasteiger partial charge in [-0.15, -0.1) is 0 Å². The van der Waals surface area contributed by atoms with Crippen LogP contribution in [0.1, 0.15) is 13.8 Å². The number of ether oxygens (including phenoxy) is 1. The molecule has 0 saturated carbocycles. The zero-order chi connectivity index (χ0) is 19.1. The molecule has 6 nitrogen and oxygen atoms in total. The second-order valence-electron chi connectivity index (χ2n) is 6.09. The Hall–Kier alpha value is -2.22. The lowest BCUT2D eigenvalue weighted by atomic mass is 10.3. The Balaban J connectivity index is 1.76. The molecule has 1 fully saturated rings. The largest absolute Gasteiger partial charge is 0.481 e. The van der Waals surface area contributed by atoms with E-state index in [1.807, 2.05) is 18.7 Å². The number of piperazine rings is 1. The van der Waals surface area contributed by atoms with Gasteiger partial charge in [-0.25, -0.2) is 8.78 Å². The van der Waals surface area contributed by atoms with Gasteiger partial charge < -0.3 is 14.5 Å². The highest BCUT2D eigenvalue weighted by molar-refractivity contribution is 5.79. The fourth-order valence-corrected chi connectivity index (χ4v) is 2.85. The van der Waals surface area contributed by atoms with Gasteiger partial charge in [0, 0.05) is 45.3 Å². The van der Waals surface area contributed by atoms with E-state index in [2.05, 4.69) is 0 Å². The highest BCUT2D eigenvalue weighted by atomic mass is 19.1. The number of carbonyl (C=O) groups is 2. The summed E-state index contributed by atoms with van der Waals surface area (Å²) in [5.41, 5.74) is 0. The van der Waals surface area contributed by atoms with Crippen LogP contribution in [-0.2, 0) is 9.59 Å². The first kappa shape index (κ1) is 20.1. The van der Waals surface area contributed by atoms with Crippen LogP contribution in [0.25, 0.3) is 0 Å². The van der Waals surface area contributed by atoms with Crippen molar-refractivity contribution in [2.45, 2.75) is 13.8 Å². The van der Waals surface area contributed by atoms with Crippen LogP contribution in [0.2, 0.25) is 0 Å². The smallest absolute Gasteiger partial charge is 0.260 e. The molecular formula is C18H25F2N3O3. The maximum Gasteiger partial charge on any atom is 0.260 e. The van der Waals surface area contributed by atoms with E-state index in [-0.39, 0.29) is 24.2 Å². The molecular weight excluding hydrogens is 344 g/mol. The van der Waals surface area contributed by atoms with Crippen LogP contribution in [0, 0.1) is 11.6 Å². The molecule has 0 radical (unpaired) electrons. The number of hydrogen-bond donors (Lipinski definition) is 0. The topological polar surface area (TPSA) is 53.1 Å². The highest BCUT2D eigenvalue weighted by Crippen LogP contribution is 2.17. The number of amides is 2. The van der Waals surface area contributed by atoms with E-state index in [0.29, 0.717) is 51.9 Å². The predicted octanol–water partition coefficient (Wildman–Crippen LogP) is 1.36. The first-order valence-electron chi connectivity index (χ1n) is 8.80. The van der Waals surface area contributed by atoms with Gasteiger partial charge >= 0.3 is 0 Å². The van der Waals surface area contributed by atoms with Gasteiger partial charge in [-0.1, -0.05) is 0 Å². The Morgan fingerprint density at radius 1 is 1.12 bits per heavy atom. The van der Waals surface area contributed by atoms with Crippen molar-refractivity contribution in [1.82, 2.24) is 14.7 Å². The molecule has 1 saturated heterocycles. The van der Waals surface area contributed by atoms with Gasteiger partial charge in [0.2, 0.25) is 5.91 Å². The molecule has 144 valence electrons. The van der Waals surface area contributed by atoms with Crippen molar-refractivity contribution in [2.75, 3.05) is 52.4 Å². The molecule has 0 aromatic heterocycles. The summed E-state index contributed by atoms with van der Waals surface area (Å²) in [7, 11) is 0. The Kier molecular flexibility index (Phi) is 7.32. The fourth-order valence-electron chi connectivity index (χ4n) is 2.85. The van der Waals surface area contributed by atoms with Crippen LogP contribution < -0.4 is 4.74 Å². The van der Waals surface area contributed by atoms with Crippen LogP contribution >= 0.6 is 0 Å². The van der Waals surface area contributed by atoms with Crippen molar-refractivity contribution < 1.29 is 23.1 Å². The second-order valence-corrected chi connectivity index (χ2v) is 6.09. The number of likely N-dealkylation sites (N-methyl/N-ethyl adjacent to an activating group) is 1. The molecule has 1 aromatic carbocycles. The summed E-state index contributed by atoms with van der Waals surface area (Å²) < 4.78 is 31.5. The van der Waals surface area contributed by atoms with Crippen LogP contribution in [0.4, 0.5) is 8.78 Å².